The van der Waals surface area contributed by atoms with Crippen LogP contribution in [0.25, 0.3) is 0 Å². The van der Waals surface area contributed by atoms with E-state index >= 15 is 0 Å². The molecule has 2 unspecified atom stereocenters. The van der Waals surface area contributed by atoms with Gasteiger partial charge in [0.05, 0.1) is 12.1 Å². The molecule has 0 aromatic heterocycles. The van der Waals surface area contributed by atoms with Gasteiger partial charge in [-0.15, -0.1) is 0 Å². The van der Waals surface area contributed by atoms with Crippen molar-refractivity contribution >= 4 is 28.5 Å². The molecule has 1 fully saturated rings. The maximum absolute atomic E-state index is 12.3. The van der Waals surface area contributed by atoms with Gasteiger partial charge in [0, 0.05) is 22.8 Å². The number of nitrogens with zero attached hydrogens (tertiary/aromatic N) is 1. The van der Waals surface area contributed by atoms with Crippen LogP contribution in [0.3, 0.4) is 0 Å². The van der Waals surface area contributed by atoms with E-state index in [9.17, 15) is 4.79 Å². The molecule has 2 rings (SSSR count). The van der Waals surface area contributed by atoms with Crippen LogP contribution >= 0.6 is 22.6 Å². The quantitative estimate of drug-likeness (QED) is 0.771. The Morgan fingerprint density at radius 1 is 1.41 bits per heavy atom. The van der Waals surface area contributed by atoms with E-state index < -0.39 is 0 Å². The first-order valence-electron chi connectivity index (χ1n) is 5.74. The molecule has 0 N–H and O–H groups in total. The fourth-order valence-electron chi connectivity index (χ4n) is 2.18. The second kappa shape index (κ2) is 5.35. The highest BCUT2D eigenvalue weighted by atomic mass is 127. The minimum Gasteiger partial charge on any atom is -0.376 e. The molecule has 0 radical (unpaired) electrons. The molecule has 1 heterocycles. The molecule has 0 spiro atoms. The standard InChI is InChI=1S/C13H16INO2/c1-9-12(7-8-17-9)15(2)13(16)10-3-5-11(14)6-4-10/h3-6,9,12H,7-8H2,1-2H3. The van der Waals surface area contributed by atoms with Crippen LogP contribution in [-0.2, 0) is 4.74 Å². The van der Waals surface area contributed by atoms with Gasteiger partial charge in [0.25, 0.3) is 5.91 Å². The molecule has 92 valence electrons. The summed E-state index contributed by atoms with van der Waals surface area (Å²) >= 11 is 2.23. The molecular formula is C13H16INO2. The number of likely N-dealkylation sites (N-methyl/N-ethyl adjacent to an activating group) is 1. The van der Waals surface area contributed by atoms with Crippen molar-refractivity contribution in [2.24, 2.45) is 0 Å². The van der Waals surface area contributed by atoms with Crippen molar-refractivity contribution in [3.05, 3.63) is 33.4 Å². The van der Waals surface area contributed by atoms with Gasteiger partial charge in [-0.3, -0.25) is 4.79 Å². The van der Waals surface area contributed by atoms with Crippen LogP contribution in [0.4, 0.5) is 0 Å². The first kappa shape index (κ1) is 12.8. The monoisotopic (exact) mass is 345 g/mol. The molecule has 0 aliphatic carbocycles. The molecule has 1 aromatic rings. The molecule has 3 nitrogen and oxygen atoms in total. The maximum atomic E-state index is 12.3. The fraction of sp³-hybridized carbons (Fsp3) is 0.462. The van der Waals surface area contributed by atoms with Crippen molar-refractivity contribution in [3.63, 3.8) is 0 Å². The largest absolute Gasteiger partial charge is 0.376 e. The Morgan fingerprint density at radius 3 is 2.59 bits per heavy atom. The Bertz CT molecular complexity index is 404. The van der Waals surface area contributed by atoms with Crippen molar-refractivity contribution < 1.29 is 9.53 Å². The van der Waals surface area contributed by atoms with E-state index in [0.29, 0.717) is 0 Å². The Labute approximate surface area is 115 Å². The van der Waals surface area contributed by atoms with Crippen molar-refractivity contribution in [2.45, 2.75) is 25.5 Å². The van der Waals surface area contributed by atoms with Gasteiger partial charge in [-0.25, -0.2) is 0 Å². The van der Waals surface area contributed by atoms with Gasteiger partial charge in [-0.2, -0.15) is 0 Å². The summed E-state index contributed by atoms with van der Waals surface area (Å²) in [6.07, 6.45) is 1.06. The third-order valence-electron chi connectivity index (χ3n) is 3.25. The third kappa shape index (κ3) is 2.80. The zero-order chi connectivity index (χ0) is 12.4. The van der Waals surface area contributed by atoms with Crippen LogP contribution in [0.2, 0.25) is 0 Å². The van der Waals surface area contributed by atoms with Gasteiger partial charge < -0.3 is 9.64 Å². The smallest absolute Gasteiger partial charge is 0.253 e. The average molecular weight is 345 g/mol. The molecule has 1 aliphatic rings. The number of carbonyl (C=O) groups excluding carboxylic acids is 1. The van der Waals surface area contributed by atoms with Crippen LogP contribution in [0.1, 0.15) is 23.7 Å². The number of ether oxygens (including phenoxy) is 1. The molecular weight excluding hydrogens is 329 g/mol. The lowest BCUT2D eigenvalue weighted by atomic mass is 10.1. The molecule has 17 heavy (non-hydrogen) atoms. The third-order valence-corrected chi connectivity index (χ3v) is 3.96. The van der Waals surface area contributed by atoms with Crippen molar-refractivity contribution in [2.75, 3.05) is 13.7 Å². The lowest BCUT2D eigenvalue weighted by Gasteiger charge is -2.26. The highest BCUT2D eigenvalue weighted by Crippen LogP contribution is 2.20. The highest BCUT2D eigenvalue weighted by molar-refractivity contribution is 14.1. The topological polar surface area (TPSA) is 29.5 Å². The minimum atomic E-state index is 0.0729. The number of halogens is 1. The van der Waals surface area contributed by atoms with E-state index in [1.54, 1.807) is 4.90 Å². The lowest BCUT2D eigenvalue weighted by molar-refractivity contribution is 0.0574. The molecule has 1 aromatic carbocycles. The van der Waals surface area contributed by atoms with Crippen LogP contribution in [0.5, 0.6) is 0 Å². The van der Waals surface area contributed by atoms with E-state index in [1.807, 2.05) is 38.2 Å². The van der Waals surface area contributed by atoms with Gasteiger partial charge >= 0.3 is 0 Å². The van der Waals surface area contributed by atoms with Crippen LogP contribution in [-0.4, -0.2) is 36.6 Å². The van der Waals surface area contributed by atoms with Gasteiger partial charge in [0.2, 0.25) is 0 Å². The zero-order valence-corrected chi connectivity index (χ0v) is 12.2. The first-order valence-corrected chi connectivity index (χ1v) is 6.82. The Morgan fingerprint density at radius 2 is 2.06 bits per heavy atom. The minimum absolute atomic E-state index is 0.0729. The predicted molar refractivity (Wildman–Crippen MR) is 75.1 cm³/mol. The number of carbonyl (C=O) groups is 1. The second-order valence-electron chi connectivity index (χ2n) is 4.35. The summed E-state index contributed by atoms with van der Waals surface area (Å²) in [7, 11) is 1.86. The number of amides is 1. The van der Waals surface area contributed by atoms with E-state index in [2.05, 4.69) is 22.6 Å². The summed E-state index contributed by atoms with van der Waals surface area (Å²) < 4.78 is 6.63. The van der Waals surface area contributed by atoms with Gasteiger partial charge in [0.15, 0.2) is 0 Å². The van der Waals surface area contributed by atoms with E-state index in [1.165, 1.54) is 0 Å². The SMILES string of the molecule is CC1OCCC1N(C)C(=O)c1ccc(I)cc1. The maximum Gasteiger partial charge on any atom is 0.253 e. The van der Waals surface area contributed by atoms with Crippen LogP contribution in [0.15, 0.2) is 24.3 Å². The predicted octanol–water partition coefficient (Wildman–Crippen LogP) is 2.54. The van der Waals surface area contributed by atoms with Crippen molar-refractivity contribution in [3.8, 4) is 0 Å². The summed E-state index contributed by atoms with van der Waals surface area (Å²) in [5.74, 6) is 0.0729. The summed E-state index contributed by atoms with van der Waals surface area (Å²) in [5, 5.41) is 0. The van der Waals surface area contributed by atoms with E-state index in [0.717, 1.165) is 22.2 Å². The van der Waals surface area contributed by atoms with Crippen molar-refractivity contribution in [1.29, 1.82) is 0 Å². The van der Waals surface area contributed by atoms with E-state index in [4.69, 9.17) is 4.74 Å². The van der Waals surface area contributed by atoms with Crippen molar-refractivity contribution in [1.82, 2.24) is 4.90 Å². The zero-order valence-electron chi connectivity index (χ0n) is 10.0. The number of rotatable bonds is 2. The van der Waals surface area contributed by atoms with Gasteiger partial charge in [-0.05, 0) is 60.2 Å². The van der Waals surface area contributed by atoms with Crippen LogP contribution < -0.4 is 0 Å². The summed E-state index contributed by atoms with van der Waals surface area (Å²) in [5.41, 5.74) is 0.743. The number of hydrogen-bond donors (Lipinski definition) is 0. The van der Waals surface area contributed by atoms with E-state index in [-0.39, 0.29) is 18.1 Å². The fourth-order valence-corrected chi connectivity index (χ4v) is 2.54. The molecule has 1 amide bonds. The normalized spacial score (nSPS) is 23.7. The second-order valence-corrected chi connectivity index (χ2v) is 5.60. The molecule has 4 heteroatoms. The number of hydrogen-bond acceptors (Lipinski definition) is 2. The lowest BCUT2D eigenvalue weighted by Crippen LogP contribution is -2.40. The Balaban J connectivity index is 2.11. The summed E-state index contributed by atoms with van der Waals surface area (Å²) in [6.45, 7) is 2.77. The van der Waals surface area contributed by atoms with Gasteiger partial charge in [-0.1, -0.05) is 0 Å². The Kier molecular flexibility index (Phi) is 4.04. The first-order chi connectivity index (χ1) is 8.09. The average Bonchev–Trinajstić information content (AvgIpc) is 2.74. The number of benzene rings is 1. The Hall–Kier alpha value is -0.620. The summed E-state index contributed by atoms with van der Waals surface area (Å²) in [4.78, 5) is 14.1. The molecule has 1 saturated heterocycles. The summed E-state index contributed by atoms with van der Waals surface area (Å²) in [6, 6.07) is 7.86. The molecule has 0 bridgehead atoms. The van der Waals surface area contributed by atoms with Crippen LogP contribution in [0, 0.1) is 3.57 Å². The van der Waals surface area contributed by atoms with Gasteiger partial charge in [0.1, 0.15) is 0 Å². The molecule has 0 saturated carbocycles. The highest BCUT2D eigenvalue weighted by Gasteiger charge is 2.30. The molecule has 1 aliphatic heterocycles. The molecule has 2 atom stereocenters.